The number of nitrogens with zero attached hydrogens (tertiary/aromatic N) is 4. The van der Waals surface area contributed by atoms with E-state index in [9.17, 15) is 4.79 Å². The molecule has 0 aliphatic rings. The van der Waals surface area contributed by atoms with Crippen molar-refractivity contribution in [3.05, 3.63) is 41.1 Å². The second kappa shape index (κ2) is 6.04. The van der Waals surface area contributed by atoms with E-state index in [4.69, 9.17) is 10.6 Å². The van der Waals surface area contributed by atoms with E-state index in [0.717, 1.165) is 5.56 Å². The lowest BCUT2D eigenvalue weighted by molar-refractivity contribution is 0.0511. The van der Waals surface area contributed by atoms with Gasteiger partial charge in [0.05, 0.1) is 5.56 Å². The summed E-state index contributed by atoms with van der Waals surface area (Å²) < 4.78 is 4.51. The zero-order chi connectivity index (χ0) is 15.4. The van der Waals surface area contributed by atoms with Gasteiger partial charge in [-0.3, -0.25) is 0 Å². The average molecular weight is 289 g/mol. The fourth-order valence-corrected chi connectivity index (χ4v) is 1.51. The third kappa shape index (κ3) is 3.35. The molecule has 0 bridgehead atoms. The molecule has 0 atom stereocenters. The lowest BCUT2D eigenvalue weighted by Gasteiger charge is -2.12. The minimum atomic E-state index is -0.579. The number of aromatic nitrogens is 2. The molecular formula is C13H15N5O3. The predicted molar refractivity (Wildman–Crippen MR) is 75.5 cm³/mol. The van der Waals surface area contributed by atoms with Gasteiger partial charge in [0, 0.05) is 14.1 Å². The lowest BCUT2D eigenvalue weighted by atomic mass is 10.2. The molecule has 2 rings (SSSR count). The Morgan fingerprint density at radius 2 is 1.95 bits per heavy atom. The van der Waals surface area contributed by atoms with Gasteiger partial charge < -0.3 is 15.5 Å². The summed E-state index contributed by atoms with van der Waals surface area (Å²) in [6.45, 7) is 1.93. The van der Waals surface area contributed by atoms with Crippen LogP contribution in [-0.2, 0) is 4.84 Å². The zero-order valence-electron chi connectivity index (χ0n) is 11.9. The molecule has 1 aromatic carbocycles. The van der Waals surface area contributed by atoms with Gasteiger partial charge in [0.1, 0.15) is 0 Å². The number of anilines is 1. The molecule has 0 unspecified atom stereocenters. The van der Waals surface area contributed by atoms with Crippen molar-refractivity contribution in [1.29, 1.82) is 0 Å². The Bertz CT molecular complexity index is 661. The topological polar surface area (TPSA) is 107 Å². The molecule has 0 saturated carbocycles. The number of oxime groups is 1. The highest BCUT2D eigenvalue weighted by atomic mass is 16.7. The van der Waals surface area contributed by atoms with E-state index in [1.807, 2.05) is 19.1 Å². The number of hydrogen-bond acceptors (Lipinski definition) is 7. The standard InChI is InChI=1S/C13H15N5O3/c1-8-4-6-9(7-5-8)13(19)20-17-12(18(2)3)10-11(14)16-21-15-10/h4-7H,1-3H3,(H2,14,16)/b17-12-. The molecule has 0 amide bonds. The first-order valence-corrected chi connectivity index (χ1v) is 6.10. The molecule has 1 aromatic heterocycles. The summed E-state index contributed by atoms with van der Waals surface area (Å²) in [6, 6.07) is 6.95. The van der Waals surface area contributed by atoms with Crippen molar-refractivity contribution >= 4 is 17.6 Å². The molecule has 0 radical (unpaired) electrons. The molecule has 2 N–H and O–H groups in total. The van der Waals surface area contributed by atoms with Gasteiger partial charge in [0.2, 0.25) is 5.84 Å². The summed E-state index contributed by atoms with van der Waals surface area (Å²) in [5.41, 5.74) is 7.25. The largest absolute Gasteiger partial charge is 0.379 e. The minimum absolute atomic E-state index is 0.0637. The molecule has 0 spiro atoms. The van der Waals surface area contributed by atoms with Gasteiger partial charge in [-0.25, -0.2) is 9.42 Å². The van der Waals surface area contributed by atoms with Crippen molar-refractivity contribution in [2.45, 2.75) is 6.92 Å². The molecular weight excluding hydrogens is 274 g/mol. The van der Waals surface area contributed by atoms with E-state index >= 15 is 0 Å². The Morgan fingerprint density at radius 1 is 1.29 bits per heavy atom. The Hall–Kier alpha value is -2.90. The quantitative estimate of drug-likeness (QED) is 0.389. The van der Waals surface area contributed by atoms with Gasteiger partial charge in [-0.1, -0.05) is 22.9 Å². The van der Waals surface area contributed by atoms with Gasteiger partial charge in [-0.05, 0) is 29.4 Å². The van der Waals surface area contributed by atoms with Gasteiger partial charge in [0.15, 0.2) is 11.5 Å². The molecule has 1 heterocycles. The van der Waals surface area contributed by atoms with Crippen molar-refractivity contribution in [3.63, 3.8) is 0 Å². The van der Waals surface area contributed by atoms with Gasteiger partial charge in [-0.2, -0.15) is 0 Å². The number of rotatable bonds is 3. The number of amidine groups is 1. The second-order valence-electron chi connectivity index (χ2n) is 4.55. The monoisotopic (exact) mass is 289 g/mol. The van der Waals surface area contributed by atoms with Crippen LogP contribution >= 0.6 is 0 Å². The Morgan fingerprint density at radius 3 is 2.48 bits per heavy atom. The summed E-state index contributed by atoms with van der Waals surface area (Å²) in [6.07, 6.45) is 0. The Labute approximate surface area is 121 Å². The van der Waals surface area contributed by atoms with Crippen LogP contribution in [0.15, 0.2) is 34.1 Å². The van der Waals surface area contributed by atoms with Crippen LogP contribution < -0.4 is 5.73 Å². The van der Waals surface area contributed by atoms with Crippen LogP contribution in [0.3, 0.4) is 0 Å². The van der Waals surface area contributed by atoms with Crippen molar-refractivity contribution in [2.75, 3.05) is 19.8 Å². The number of nitrogen functional groups attached to an aromatic ring is 1. The van der Waals surface area contributed by atoms with Gasteiger partial charge in [-0.15, -0.1) is 0 Å². The minimum Gasteiger partial charge on any atom is -0.379 e. The maximum atomic E-state index is 11.9. The molecule has 0 saturated heterocycles. The fraction of sp³-hybridized carbons (Fsp3) is 0.231. The summed E-state index contributed by atoms with van der Waals surface area (Å²) in [5, 5.41) is 10.9. The first-order valence-electron chi connectivity index (χ1n) is 6.10. The first-order chi connectivity index (χ1) is 9.99. The molecule has 8 heteroatoms. The number of aryl methyl sites for hydroxylation is 1. The number of benzene rings is 1. The van der Waals surface area contributed by atoms with E-state index in [0.29, 0.717) is 5.56 Å². The van der Waals surface area contributed by atoms with Crippen LogP contribution in [0, 0.1) is 6.92 Å². The summed E-state index contributed by atoms with van der Waals surface area (Å²) in [7, 11) is 3.40. The van der Waals surface area contributed by atoms with E-state index < -0.39 is 5.97 Å². The second-order valence-corrected chi connectivity index (χ2v) is 4.55. The van der Waals surface area contributed by atoms with Crippen LogP contribution in [0.1, 0.15) is 21.6 Å². The lowest BCUT2D eigenvalue weighted by Crippen LogP contribution is -2.25. The predicted octanol–water partition coefficient (Wildman–Crippen LogP) is 1.04. The number of carbonyl (C=O) groups is 1. The highest BCUT2D eigenvalue weighted by Gasteiger charge is 2.18. The molecule has 110 valence electrons. The number of carbonyl (C=O) groups excluding carboxylic acids is 1. The maximum absolute atomic E-state index is 11.9. The highest BCUT2D eigenvalue weighted by Crippen LogP contribution is 2.10. The molecule has 2 aromatic rings. The van der Waals surface area contributed by atoms with Gasteiger partial charge in [0.25, 0.3) is 0 Å². The van der Waals surface area contributed by atoms with Crippen molar-refractivity contribution in [2.24, 2.45) is 5.16 Å². The third-order valence-electron chi connectivity index (χ3n) is 2.65. The smallest absolute Gasteiger partial charge is 0.365 e. The third-order valence-corrected chi connectivity index (χ3v) is 2.65. The SMILES string of the molecule is Cc1ccc(C(=O)O/N=C(/c2nonc2N)N(C)C)cc1. The molecule has 0 aliphatic carbocycles. The normalized spacial score (nSPS) is 11.3. The van der Waals surface area contributed by atoms with Crippen LogP contribution in [0.4, 0.5) is 5.82 Å². The van der Waals surface area contributed by atoms with Crippen LogP contribution in [0.2, 0.25) is 0 Å². The van der Waals surface area contributed by atoms with Crippen molar-refractivity contribution in [3.8, 4) is 0 Å². The summed E-state index contributed by atoms with van der Waals surface area (Å²) in [5.74, 6) is -0.285. The summed E-state index contributed by atoms with van der Waals surface area (Å²) in [4.78, 5) is 18.4. The van der Waals surface area contributed by atoms with E-state index in [2.05, 4.69) is 20.1 Å². The Kier molecular flexibility index (Phi) is 4.17. The average Bonchev–Trinajstić information content (AvgIpc) is 2.85. The fourth-order valence-electron chi connectivity index (χ4n) is 1.51. The van der Waals surface area contributed by atoms with Crippen LogP contribution in [-0.4, -0.2) is 41.1 Å². The first kappa shape index (κ1) is 14.5. The van der Waals surface area contributed by atoms with E-state index in [-0.39, 0.29) is 17.3 Å². The van der Waals surface area contributed by atoms with E-state index in [1.165, 1.54) is 0 Å². The van der Waals surface area contributed by atoms with Crippen molar-refractivity contribution < 1.29 is 14.3 Å². The van der Waals surface area contributed by atoms with Crippen LogP contribution in [0.25, 0.3) is 0 Å². The van der Waals surface area contributed by atoms with Gasteiger partial charge >= 0.3 is 5.97 Å². The number of nitrogens with two attached hydrogens (primary N) is 1. The van der Waals surface area contributed by atoms with E-state index in [1.54, 1.807) is 31.1 Å². The highest BCUT2D eigenvalue weighted by molar-refractivity contribution is 6.00. The summed E-state index contributed by atoms with van der Waals surface area (Å²) >= 11 is 0. The number of hydrogen-bond donors (Lipinski definition) is 1. The molecule has 8 nitrogen and oxygen atoms in total. The molecule has 0 fully saturated rings. The van der Waals surface area contributed by atoms with Crippen molar-refractivity contribution in [1.82, 2.24) is 15.2 Å². The Balaban J connectivity index is 2.19. The zero-order valence-corrected chi connectivity index (χ0v) is 11.9. The molecule has 21 heavy (non-hydrogen) atoms. The molecule has 0 aliphatic heterocycles. The van der Waals surface area contributed by atoms with Crippen LogP contribution in [0.5, 0.6) is 0 Å². The maximum Gasteiger partial charge on any atom is 0.365 e.